The molecule has 2 aromatic carbocycles. The maximum absolute atomic E-state index is 12.2. The lowest BCUT2D eigenvalue weighted by molar-refractivity contribution is -0.160. The van der Waals surface area contributed by atoms with E-state index in [-0.39, 0.29) is 19.1 Å². The molecule has 164 valence electrons. The maximum Gasteiger partial charge on any atom is 0.407 e. The van der Waals surface area contributed by atoms with Crippen LogP contribution < -0.4 is 10.8 Å². The van der Waals surface area contributed by atoms with Crippen LogP contribution in [0.15, 0.2) is 48.5 Å². The van der Waals surface area contributed by atoms with Crippen LogP contribution >= 0.6 is 0 Å². The molecule has 1 aliphatic rings. The van der Waals surface area contributed by atoms with Crippen molar-refractivity contribution in [1.82, 2.24) is 10.8 Å². The predicted octanol–water partition coefficient (Wildman–Crippen LogP) is 3.07. The Bertz CT molecular complexity index is 915. The number of carbonyl (C=O) groups is 3. The third kappa shape index (κ3) is 5.21. The lowest BCUT2D eigenvalue weighted by atomic mass is 9.98. The molecule has 0 bridgehead atoms. The summed E-state index contributed by atoms with van der Waals surface area (Å²) >= 11 is 0. The zero-order valence-electron chi connectivity index (χ0n) is 17.5. The smallest absolute Gasteiger partial charge is 0.407 e. The summed E-state index contributed by atoms with van der Waals surface area (Å²) in [6.45, 7) is 3.31. The van der Waals surface area contributed by atoms with Gasteiger partial charge in [-0.15, -0.1) is 0 Å². The van der Waals surface area contributed by atoms with Gasteiger partial charge in [0, 0.05) is 12.5 Å². The fourth-order valence-electron chi connectivity index (χ4n) is 3.56. The van der Waals surface area contributed by atoms with Crippen LogP contribution in [0.5, 0.6) is 0 Å². The summed E-state index contributed by atoms with van der Waals surface area (Å²) in [5.41, 5.74) is 6.65. The van der Waals surface area contributed by atoms with Crippen LogP contribution in [0.1, 0.15) is 37.3 Å². The molecule has 0 spiro atoms. The Morgan fingerprint density at radius 2 is 1.61 bits per heavy atom. The van der Waals surface area contributed by atoms with E-state index < -0.39 is 30.0 Å². The van der Waals surface area contributed by atoms with E-state index in [1.165, 1.54) is 6.92 Å². The minimum Gasteiger partial charge on any atom is -0.479 e. The van der Waals surface area contributed by atoms with Gasteiger partial charge in [-0.05, 0) is 35.6 Å². The Labute approximate surface area is 180 Å². The molecular formula is C23H26N2O6. The van der Waals surface area contributed by atoms with Gasteiger partial charge in [0.05, 0.1) is 5.92 Å². The maximum atomic E-state index is 12.2. The van der Waals surface area contributed by atoms with Crippen molar-refractivity contribution in [2.75, 3.05) is 13.2 Å². The van der Waals surface area contributed by atoms with E-state index in [4.69, 9.17) is 14.7 Å². The molecule has 8 nitrogen and oxygen atoms in total. The summed E-state index contributed by atoms with van der Waals surface area (Å²) in [5.74, 6) is -2.32. The second-order valence-electron chi connectivity index (χ2n) is 7.38. The average molecular weight is 426 g/mol. The number of benzene rings is 2. The van der Waals surface area contributed by atoms with Crippen LogP contribution in [0.2, 0.25) is 0 Å². The van der Waals surface area contributed by atoms with Crippen LogP contribution in [0.3, 0.4) is 0 Å². The molecule has 0 aliphatic heterocycles. The molecule has 0 aromatic heterocycles. The zero-order valence-corrected chi connectivity index (χ0v) is 17.5. The van der Waals surface area contributed by atoms with E-state index in [9.17, 15) is 14.4 Å². The van der Waals surface area contributed by atoms with Crippen LogP contribution in [-0.2, 0) is 19.2 Å². The average Bonchev–Trinajstić information content (AvgIpc) is 3.10. The van der Waals surface area contributed by atoms with Gasteiger partial charge in [-0.2, -0.15) is 0 Å². The Balaban J connectivity index is 1.52. The summed E-state index contributed by atoms with van der Waals surface area (Å²) in [5, 5.41) is 11.4. The minimum atomic E-state index is -1.19. The first-order chi connectivity index (χ1) is 14.9. The number of carboxylic acid groups (broad SMARTS) is 1. The SMILES string of the molecule is CCC(CNC(=O)OCC1c2ccccc2-c2ccccc21)C(=O)NOC(C)C(=O)O. The number of carbonyl (C=O) groups excluding carboxylic acids is 2. The molecular weight excluding hydrogens is 400 g/mol. The molecule has 2 atom stereocenters. The number of nitrogens with one attached hydrogen (secondary N) is 2. The van der Waals surface area contributed by atoms with Crippen molar-refractivity contribution in [2.45, 2.75) is 32.3 Å². The van der Waals surface area contributed by atoms with Gasteiger partial charge in [0.15, 0.2) is 6.10 Å². The monoisotopic (exact) mass is 426 g/mol. The van der Waals surface area contributed by atoms with Crippen molar-refractivity contribution < 1.29 is 29.1 Å². The van der Waals surface area contributed by atoms with E-state index in [1.807, 2.05) is 36.4 Å². The summed E-state index contributed by atoms with van der Waals surface area (Å²) < 4.78 is 5.45. The normalized spacial score (nSPS) is 14.1. The number of rotatable bonds is 9. The summed E-state index contributed by atoms with van der Waals surface area (Å²) in [4.78, 5) is 39.9. The van der Waals surface area contributed by atoms with E-state index in [0.717, 1.165) is 22.3 Å². The zero-order chi connectivity index (χ0) is 22.4. The van der Waals surface area contributed by atoms with Gasteiger partial charge >= 0.3 is 12.1 Å². The van der Waals surface area contributed by atoms with Gasteiger partial charge in [-0.3, -0.25) is 9.63 Å². The van der Waals surface area contributed by atoms with E-state index in [2.05, 4.69) is 22.9 Å². The number of fused-ring (bicyclic) bond motifs is 3. The molecule has 2 amide bonds. The minimum absolute atomic E-state index is 0.0455. The highest BCUT2D eigenvalue weighted by Gasteiger charge is 2.29. The molecule has 0 radical (unpaired) electrons. The molecule has 3 rings (SSSR count). The molecule has 1 aliphatic carbocycles. The number of ether oxygens (including phenoxy) is 1. The van der Waals surface area contributed by atoms with E-state index >= 15 is 0 Å². The number of hydrogen-bond acceptors (Lipinski definition) is 5. The molecule has 31 heavy (non-hydrogen) atoms. The van der Waals surface area contributed by atoms with Gasteiger partial charge in [0.25, 0.3) is 0 Å². The summed E-state index contributed by atoms with van der Waals surface area (Å²) in [6.07, 6.45) is -1.36. The highest BCUT2D eigenvalue weighted by atomic mass is 16.7. The van der Waals surface area contributed by atoms with Gasteiger partial charge in [0.1, 0.15) is 6.61 Å². The van der Waals surface area contributed by atoms with E-state index in [1.54, 1.807) is 6.92 Å². The number of aliphatic carboxylic acids is 1. The number of hydrogen-bond donors (Lipinski definition) is 3. The molecule has 0 heterocycles. The third-order valence-corrected chi connectivity index (χ3v) is 5.38. The number of carboxylic acids is 1. The molecule has 2 unspecified atom stereocenters. The van der Waals surface area contributed by atoms with Crippen LogP contribution in [0.4, 0.5) is 4.79 Å². The molecule has 0 fully saturated rings. The third-order valence-electron chi connectivity index (χ3n) is 5.38. The van der Waals surface area contributed by atoms with Gasteiger partial charge in [-0.25, -0.2) is 15.1 Å². The van der Waals surface area contributed by atoms with Gasteiger partial charge < -0.3 is 15.2 Å². The Morgan fingerprint density at radius 3 is 2.16 bits per heavy atom. The Morgan fingerprint density at radius 1 is 1.03 bits per heavy atom. The molecule has 8 heteroatoms. The summed E-state index contributed by atoms with van der Waals surface area (Å²) in [7, 11) is 0. The number of alkyl carbamates (subject to hydrolysis) is 1. The second kappa shape index (κ2) is 10.1. The fraction of sp³-hybridized carbons (Fsp3) is 0.348. The van der Waals surface area contributed by atoms with Crippen molar-refractivity contribution in [3.63, 3.8) is 0 Å². The predicted molar refractivity (Wildman–Crippen MR) is 113 cm³/mol. The lowest BCUT2D eigenvalue weighted by Crippen LogP contribution is -2.41. The number of amides is 2. The Hall–Kier alpha value is -3.39. The molecule has 3 N–H and O–H groups in total. The van der Waals surface area contributed by atoms with Gasteiger partial charge in [0.2, 0.25) is 5.91 Å². The van der Waals surface area contributed by atoms with Crippen molar-refractivity contribution >= 4 is 18.0 Å². The standard InChI is InChI=1S/C23H26N2O6/c1-3-15(21(26)25-31-14(2)22(27)28)12-24-23(29)30-13-20-18-10-6-4-8-16(18)17-9-5-7-11-19(17)20/h4-11,14-15,20H,3,12-13H2,1-2H3,(H,24,29)(H,25,26)(H,27,28). The highest BCUT2D eigenvalue weighted by Crippen LogP contribution is 2.44. The first-order valence-electron chi connectivity index (χ1n) is 10.2. The van der Waals surface area contributed by atoms with Crippen molar-refractivity contribution in [1.29, 1.82) is 0 Å². The lowest BCUT2D eigenvalue weighted by Gasteiger charge is -2.18. The largest absolute Gasteiger partial charge is 0.479 e. The van der Waals surface area contributed by atoms with Gasteiger partial charge in [-0.1, -0.05) is 55.5 Å². The fourth-order valence-corrected chi connectivity index (χ4v) is 3.56. The highest BCUT2D eigenvalue weighted by molar-refractivity contribution is 5.80. The first-order valence-corrected chi connectivity index (χ1v) is 10.2. The quantitative estimate of drug-likeness (QED) is 0.531. The first kappa shape index (κ1) is 22.3. The molecule has 2 aromatic rings. The summed E-state index contributed by atoms with van der Waals surface area (Å²) in [6, 6.07) is 16.1. The Kier molecular flexibility index (Phi) is 7.25. The van der Waals surface area contributed by atoms with Crippen LogP contribution in [0, 0.1) is 5.92 Å². The van der Waals surface area contributed by atoms with Crippen molar-refractivity contribution in [2.24, 2.45) is 5.92 Å². The van der Waals surface area contributed by atoms with E-state index in [0.29, 0.717) is 6.42 Å². The van der Waals surface area contributed by atoms with Crippen LogP contribution in [0.25, 0.3) is 11.1 Å². The topological polar surface area (TPSA) is 114 Å². The number of hydroxylamine groups is 1. The van der Waals surface area contributed by atoms with Crippen molar-refractivity contribution in [3.8, 4) is 11.1 Å². The van der Waals surface area contributed by atoms with Crippen LogP contribution in [-0.4, -0.2) is 42.3 Å². The molecule has 0 saturated carbocycles. The van der Waals surface area contributed by atoms with Crippen molar-refractivity contribution in [3.05, 3.63) is 59.7 Å². The second-order valence-corrected chi connectivity index (χ2v) is 7.38. The molecule has 0 saturated heterocycles.